The van der Waals surface area contributed by atoms with Gasteiger partial charge in [0.2, 0.25) is 11.9 Å². The van der Waals surface area contributed by atoms with Crippen molar-refractivity contribution in [1.29, 1.82) is 0 Å². The number of hydrogen-bond acceptors (Lipinski definition) is 6. The number of fused-ring (bicyclic) bond motifs is 1. The fourth-order valence-electron chi connectivity index (χ4n) is 4.90. The average molecular weight is 396 g/mol. The van der Waals surface area contributed by atoms with Gasteiger partial charge in [0, 0.05) is 52.7 Å². The molecule has 2 aliphatic heterocycles. The maximum Gasteiger partial charge on any atom is 0.231 e. The molecule has 0 unspecified atom stereocenters. The summed E-state index contributed by atoms with van der Waals surface area (Å²) in [4.78, 5) is 28.7. The smallest absolute Gasteiger partial charge is 0.231 e. The highest BCUT2D eigenvalue weighted by Crippen LogP contribution is 2.44. The number of hydrogen-bond donors (Lipinski definition) is 0. The van der Waals surface area contributed by atoms with Gasteiger partial charge in [0.1, 0.15) is 5.75 Å². The summed E-state index contributed by atoms with van der Waals surface area (Å²) in [6.07, 6.45) is 5.41. The highest BCUT2D eigenvalue weighted by atomic mass is 16.5. The number of carbonyl (C=O) groups is 1. The number of rotatable bonds is 5. The molecule has 2 aromatic rings. The fraction of sp³-hybridized carbons (Fsp3) is 0.500. The van der Waals surface area contributed by atoms with Crippen molar-refractivity contribution in [3.63, 3.8) is 0 Å². The fourth-order valence-corrected chi connectivity index (χ4v) is 4.90. The first-order chi connectivity index (χ1) is 14.0. The second-order valence-corrected chi connectivity index (χ2v) is 8.23. The lowest BCUT2D eigenvalue weighted by molar-refractivity contribution is -0.140. The zero-order chi connectivity index (χ0) is 20.4. The van der Waals surface area contributed by atoms with E-state index in [9.17, 15) is 4.79 Å². The summed E-state index contributed by atoms with van der Waals surface area (Å²) < 4.78 is 5.27. The van der Waals surface area contributed by atoms with Crippen LogP contribution in [-0.2, 0) is 11.3 Å². The summed E-state index contributed by atoms with van der Waals surface area (Å²) >= 11 is 0. The molecule has 2 aliphatic rings. The molecule has 1 amide bonds. The van der Waals surface area contributed by atoms with Crippen molar-refractivity contribution in [1.82, 2.24) is 19.8 Å². The number of aromatic nitrogens is 2. The lowest BCUT2D eigenvalue weighted by atomic mass is 9.74. The van der Waals surface area contributed by atoms with Crippen molar-refractivity contribution in [2.24, 2.45) is 5.41 Å². The molecule has 2 atom stereocenters. The largest absolute Gasteiger partial charge is 0.497 e. The van der Waals surface area contributed by atoms with Gasteiger partial charge in [-0.15, -0.1) is 0 Å². The van der Waals surface area contributed by atoms with Gasteiger partial charge in [0.25, 0.3) is 0 Å². The first-order valence-corrected chi connectivity index (χ1v) is 10.1. The molecule has 0 aliphatic carbocycles. The normalized spacial score (nSPS) is 24.2. The quantitative estimate of drug-likeness (QED) is 0.772. The summed E-state index contributed by atoms with van der Waals surface area (Å²) in [5.41, 5.74) is 0.798. The number of benzene rings is 1. The van der Waals surface area contributed by atoms with Crippen LogP contribution in [0.4, 0.5) is 5.95 Å². The number of piperidine rings is 1. The van der Waals surface area contributed by atoms with Gasteiger partial charge in [-0.25, -0.2) is 9.97 Å². The average Bonchev–Trinajstić information content (AvgIpc) is 3.13. The van der Waals surface area contributed by atoms with Gasteiger partial charge in [-0.05, 0) is 36.6 Å². The zero-order valence-corrected chi connectivity index (χ0v) is 17.4. The van der Waals surface area contributed by atoms with Crippen molar-refractivity contribution < 1.29 is 9.53 Å². The maximum atomic E-state index is 13.4. The Kier molecular flexibility index (Phi) is 5.41. The molecule has 7 heteroatoms. The predicted octanol–water partition coefficient (Wildman–Crippen LogP) is 2.04. The van der Waals surface area contributed by atoms with Crippen molar-refractivity contribution in [2.45, 2.75) is 25.4 Å². The van der Waals surface area contributed by atoms with Crippen molar-refractivity contribution in [2.75, 3.05) is 45.7 Å². The first kappa shape index (κ1) is 19.6. The minimum Gasteiger partial charge on any atom is -0.497 e. The van der Waals surface area contributed by atoms with Crippen LogP contribution in [0, 0.1) is 5.41 Å². The topological polar surface area (TPSA) is 61.8 Å². The number of methoxy groups -OCH3 is 1. The zero-order valence-electron chi connectivity index (χ0n) is 17.4. The molecule has 29 heavy (non-hydrogen) atoms. The molecule has 154 valence electrons. The Morgan fingerprint density at radius 2 is 1.97 bits per heavy atom. The SMILES string of the molecule is COc1ccc(CN2C[C@H]3N(c4ncccn4)CCC[C@@]3(C(=O)N(C)C)C2)cc1. The molecule has 0 bridgehead atoms. The van der Waals surface area contributed by atoms with E-state index in [0.29, 0.717) is 0 Å². The van der Waals surface area contributed by atoms with Crippen LogP contribution in [0.1, 0.15) is 18.4 Å². The Bertz CT molecular complexity index is 842. The molecule has 1 aromatic carbocycles. The van der Waals surface area contributed by atoms with Gasteiger partial charge >= 0.3 is 0 Å². The van der Waals surface area contributed by atoms with Crippen LogP contribution in [0.15, 0.2) is 42.7 Å². The second-order valence-electron chi connectivity index (χ2n) is 8.23. The highest BCUT2D eigenvalue weighted by Gasteiger charge is 2.56. The van der Waals surface area contributed by atoms with E-state index in [0.717, 1.165) is 50.7 Å². The highest BCUT2D eigenvalue weighted by molar-refractivity contribution is 5.85. The predicted molar refractivity (Wildman–Crippen MR) is 112 cm³/mol. The minimum atomic E-state index is -0.423. The van der Waals surface area contributed by atoms with Crippen LogP contribution < -0.4 is 9.64 Å². The van der Waals surface area contributed by atoms with Gasteiger partial charge in [0.15, 0.2) is 0 Å². The lowest BCUT2D eigenvalue weighted by Crippen LogP contribution is -2.58. The van der Waals surface area contributed by atoms with Gasteiger partial charge in [-0.3, -0.25) is 9.69 Å². The van der Waals surface area contributed by atoms with Crippen molar-refractivity contribution in [3.8, 4) is 5.75 Å². The Morgan fingerprint density at radius 3 is 2.62 bits per heavy atom. The molecule has 1 aromatic heterocycles. The molecule has 0 spiro atoms. The minimum absolute atomic E-state index is 0.0757. The Balaban J connectivity index is 1.62. The molecular formula is C22H29N5O2. The number of carbonyl (C=O) groups excluding carboxylic acids is 1. The Hall–Kier alpha value is -2.67. The van der Waals surface area contributed by atoms with Gasteiger partial charge in [0.05, 0.1) is 18.6 Å². The van der Waals surface area contributed by atoms with Gasteiger partial charge in [-0.2, -0.15) is 0 Å². The van der Waals surface area contributed by atoms with E-state index in [4.69, 9.17) is 4.74 Å². The van der Waals surface area contributed by atoms with Crippen molar-refractivity contribution >= 4 is 11.9 Å². The molecule has 0 radical (unpaired) electrons. The molecule has 2 saturated heterocycles. The monoisotopic (exact) mass is 395 g/mol. The summed E-state index contributed by atoms with van der Waals surface area (Å²) in [7, 11) is 5.40. The number of amides is 1. The van der Waals surface area contributed by atoms with Crippen LogP contribution in [0.2, 0.25) is 0 Å². The van der Waals surface area contributed by atoms with Gasteiger partial charge in [-0.1, -0.05) is 12.1 Å². The molecule has 0 N–H and O–H groups in total. The molecule has 4 rings (SSSR count). The number of likely N-dealkylation sites (tertiary alicyclic amines) is 1. The summed E-state index contributed by atoms with van der Waals surface area (Å²) in [5, 5.41) is 0. The van der Waals surface area contributed by atoms with E-state index < -0.39 is 5.41 Å². The van der Waals surface area contributed by atoms with E-state index >= 15 is 0 Å². The van der Waals surface area contributed by atoms with E-state index in [1.165, 1.54) is 5.56 Å². The molecule has 0 saturated carbocycles. The number of ether oxygens (including phenoxy) is 1. The van der Waals surface area contributed by atoms with E-state index in [-0.39, 0.29) is 11.9 Å². The van der Waals surface area contributed by atoms with Crippen LogP contribution in [0.5, 0.6) is 5.75 Å². The van der Waals surface area contributed by atoms with E-state index in [1.807, 2.05) is 32.3 Å². The van der Waals surface area contributed by atoms with E-state index in [2.05, 4.69) is 31.9 Å². The maximum absolute atomic E-state index is 13.4. The standard InChI is InChI=1S/C22H29N5O2/c1-25(2)20(28)22-10-4-13-27(21-23-11-5-12-24-21)19(22)15-26(16-22)14-17-6-8-18(29-3)9-7-17/h5-9,11-12,19H,4,10,13-16H2,1-3H3/t19-,22-/m1/s1. The third-order valence-electron chi connectivity index (χ3n) is 6.18. The lowest BCUT2D eigenvalue weighted by Gasteiger charge is -2.45. The Morgan fingerprint density at radius 1 is 1.24 bits per heavy atom. The summed E-state index contributed by atoms with van der Waals surface area (Å²) in [5.74, 6) is 1.79. The number of anilines is 1. The molecular weight excluding hydrogens is 366 g/mol. The molecule has 3 heterocycles. The third-order valence-corrected chi connectivity index (χ3v) is 6.18. The number of nitrogens with zero attached hydrogens (tertiary/aromatic N) is 5. The van der Waals surface area contributed by atoms with E-state index in [1.54, 1.807) is 24.4 Å². The van der Waals surface area contributed by atoms with Crippen LogP contribution >= 0.6 is 0 Å². The Labute approximate surface area is 172 Å². The van der Waals surface area contributed by atoms with Crippen molar-refractivity contribution in [3.05, 3.63) is 48.3 Å². The second kappa shape index (κ2) is 7.99. The first-order valence-electron chi connectivity index (χ1n) is 10.1. The molecule has 7 nitrogen and oxygen atoms in total. The summed E-state index contributed by atoms with van der Waals surface area (Å²) in [6, 6.07) is 10.1. The van der Waals surface area contributed by atoms with Gasteiger partial charge < -0.3 is 14.5 Å². The van der Waals surface area contributed by atoms with Crippen LogP contribution in [0.25, 0.3) is 0 Å². The summed E-state index contributed by atoms with van der Waals surface area (Å²) in [6.45, 7) is 3.27. The van der Waals surface area contributed by atoms with Crippen LogP contribution in [0.3, 0.4) is 0 Å². The van der Waals surface area contributed by atoms with Crippen LogP contribution in [-0.4, -0.2) is 72.6 Å². The third kappa shape index (κ3) is 3.67. The molecule has 2 fully saturated rings.